The van der Waals surface area contributed by atoms with E-state index < -0.39 is 5.97 Å². The SMILES string of the molecule is CCn1nccc1N(CCC(=O)O)C(=O)c1cc(C)c(C#CCNc2ccc(C(=N)N)cc2)cc1C. The highest BCUT2D eigenvalue weighted by molar-refractivity contribution is 6.07. The highest BCUT2D eigenvalue weighted by Gasteiger charge is 2.23. The number of aliphatic carboxylic acids is 1. The van der Waals surface area contributed by atoms with Crippen LogP contribution in [-0.2, 0) is 11.3 Å². The fourth-order valence-electron chi connectivity index (χ4n) is 3.71. The molecule has 0 saturated carbocycles. The summed E-state index contributed by atoms with van der Waals surface area (Å²) in [5.41, 5.74) is 9.92. The van der Waals surface area contributed by atoms with E-state index in [9.17, 15) is 14.7 Å². The first-order chi connectivity index (χ1) is 17.2. The summed E-state index contributed by atoms with van der Waals surface area (Å²) in [6, 6.07) is 12.6. The fraction of sp³-hybridized carbons (Fsp3) is 0.259. The van der Waals surface area contributed by atoms with Crippen LogP contribution >= 0.6 is 0 Å². The zero-order valence-corrected chi connectivity index (χ0v) is 20.6. The van der Waals surface area contributed by atoms with E-state index in [2.05, 4.69) is 22.3 Å². The third kappa shape index (κ3) is 6.30. The van der Waals surface area contributed by atoms with Gasteiger partial charge in [-0.25, -0.2) is 4.68 Å². The Balaban J connectivity index is 1.78. The maximum absolute atomic E-state index is 13.5. The van der Waals surface area contributed by atoms with Gasteiger partial charge in [0.2, 0.25) is 0 Å². The molecule has 9 heteroatoms. The summed E-state index contributed by atoms with van der Waals surface area (Å²) in [4.78, 5) is 26.2. The summed E-state index contributed by atoms with van der Waals surface area (Å²) in [5, 5.41) is 24.1. The van der Waals surface area contributed by atoms with Crippen LogP contribution in [-0.4, -0.2) is 45.7 Å². The van der Waals surface area contributed by atoms with Crippen LogP contribution < -0.4 is 16.0 Å². The Morgan fingerprint density at radius 2 is 1.89 bits per heavy atom. The Hall–Kier alpha value is -4.58. The Bertz CT molecular complexity index is 1330. The molecular formula is C27H30N6O3. The van der Waals surface area contributed by atoms with E-state index in [1.165, 1.54) is 4.90 Å². The lowest BCUT2D eigenvalue weighted by Gasteiger charge is -2.24. The molecule has 0 radical (unpaired) electrons. The van der Waals surface area contributed by atoms with Crippen LogP contribution in [0.1, 0.15) is 46.0 Å². The van der Waals surface area contributed by atoms with Crippen LogP contribution in [0.4, 0.5) is 11.5 Å². The summed E-state index contributed by atoms with van der Waals surface area (Å²) in [6.07, 6.45) is 1.43. The van der Waals surface area contributed by atoms with Gasteiger partial charge in [0.25, 0.3) is 5.91 Å². The summed E-state index contributed by atoms with van der Waals surface area (Å²) in [5.74, 6) is 5.58. The van der Waals surface area contributed by atoms with E-state index in [-0.39, 0.29) is 24.7 Å². The van der Waals surface area contributed by atoms with Crippen molar-refractivity contribution in [2.75, 3.05) is 23.3 Å². The van der Waals surface area contributed by atoms with Gasteiger partial charge in [0.1, 0.15) is 11.7 Å². The molecule has 0 bridgehead atoms. The lowest BCUT2D eigenvalue weighted by atomic mass is 9.99. The Kier molecular flexibility index (Phi) is 8.47. The number of aryl methyl sites for hydroxylation is 3. The van der Waals surface area contributed by atoms with E-state index in [1.807, 2.05) is 39.0 Å². The quantitative estimate of drug-likeness (QED) is 0.208. The Labute approximate surface area is 210 Å². The number of nitrogens with one attached hydrogen (secondary N) is 2. The first kappa shape index (κ1) is 26.0. The monoisotopic (exact) mass is 486 g/mol. The van der Waals surface area contributed by atoms with Crippen LogP contribution in [0.25, 0.3) is 0 Å². The van der Waals surface area contributed by atoms with Crippen molar-refractivity contribution in [2.45, 2.75) is 33.7 Å². The topological polar surface area (TPSA) is 137 Å². The molecule has 5 N–H and O–H groups in total. The van der Waals surface area contributed by atoms with Gasteiger partial charge in [-0.2, -0.15) is 5.10 Å². The number of rotatable bonds is 9. The van der Waals surface area contributed by atoms with Crippen molar-refractivity contribution in [1.82, 2.24) is 9.78 Å². The molecule has 1 amide bonds. The summed E-state index contributed by atoms with van der Waals surface area (Å²) in [6.45, 7) is 6.67. The van der Waals surface area contributed by atoms with Gasteiger partial charge in [0, 0.05) is 41.5 Å². The first-order valence-electron chi connectivity index (χ1n) is 11.5. The summed E-state index contributed by atoms with van der Waals surface area (Å²) < 4.78 is 1.67. The zero-order chi connectivity index (χ0) is 26.2. The number of hydrogen-bond acceptors (Lipinski definition) is 5. The number of carbonyl (C=O) groups excluding carboxylic acids is 1. The molecule has 1 heterocycles. The van der Waals surface area contributed by atoms with Crippen molar-refractivity contribution in [2.24, 2.45) is 5.73 Å². The van der Waals surface area contributed by atoms with Gasteiger partial charge in [-0.3, -0.25) is 19.9 Å². The molecule has 0 aliphatic rings. The van der Waals surface area contributed by atoms with Crippen molar-refractivity contribution in [1.29, 1.82) is 5.41 Å². The van der Waals surface area contributed by atoms with Crippen LogP contribution in [0.3, 0.4) is 0 Å². The smallest absolute Gasteiger partial charge is 0.305 e. The van der Waals surface area contributed by atoms with Gasteiger partial charge >= 0.3 is 5.97 Å². The number of nitrogen functional groups attached to an aromatic ring is 1. The number of nitrogens with zero attached hydrogens (tertiary/aromatic N) is 3. The molecule has 2 aromatic carbocycles. The molecule has 36 heavy (non-hydrogen) atoms. The standard InChI is InChI=1S/C27H30N6O3/c1-4-33-24(11-14-31-33)32(15-12-25(34)35)27(36)23-17-18(2)21(16-19(23)3)6-5-13-30-22-9-7-20(8-10-22)26(28)29/h7-11,14,16-17,30H,4,12-13,15H2,1-3H3,(H3,28,29)(H,34,35). The average molecular weight is 487 g/mol. The zero-order valence-electron chi connectivity index (χ0n) is 20.6. The van der Waals surface area contributed by atoms with E-state index >= 15 is 0 Å². The molecule has 0 atom stereocenters. The number of amides is 1. The van der Waals surface area contributed by atoms with Crippen LogP contribution in [0.2, 0.25) is 0 Å². The lowest BCUT2D eigenvalue weighted by Crippen LogP contribution is -2.35. The highest BCUT2D eigenvalue weighted by Crippen LogP contribution is 2.22. The maximum Gasteiger partial charge on any atom is 0.305 e. The molecule has 0 spiro atoms. The van der Waals surface area contributed by atoms with Crippen LogP contribution in [0.5, 0.6) is 0 Å². The summed E-state index contributed by atoms with van der Waals surface area (Å²) >= 11 is 0. The minimum Gasteiger partial charge on any atom is -0.481 e. The fourth-order valence-corrected chi connectivity index (χ4v) is 3.71. The second-order valence-corrected chi connectivity index (χ2v) is 8.23. The number of hydrogen-bond donors (Lipinski definition) is 4. The molecule has 3 aromatic rings. The number of carbonyl (C=O) groups is 2. The molecule has 0 aliphatic carbocycles. The highest BCUT2D eigenvalue weighted by atomic mass is 16.4. The van der Waals surface area contributed by atoms with Crippen molar-refractivity contribution >= 4 is 29.2 Å². The van der Waals surface area contributed by atoms with Gasteiger partial charge < -0.3 is 16.2 Å². The normalized spacial score (nSPS) is 10.3. The van der Waals surface area contributed by atoms with Gasteiger partial charge in [-0.1, -0.05) is 11.8 Å². The molecule has 0 aliphatic heterocycles. The number of nitrogens with two attached hydrogens (primary N) is 1. The molecule has 0 saturated heterocycles. The van der Waals surface area contributed by atoms with Gasteiger partial charge in [0.15, 0.2) is 0 Å². The van der Waals surface area contributed by atoms with Crippen LogP contribution in [0.15, 0.2) is 48.7 Å². The van der Waals surface area contributed by atoms with Gasteiger partial charge in [0.05, 0.1) is 19.2 Å². The molecule has 0 fully saturated rings. The van der Waals surface area contributed by atoms with Crippen LogP contribution in [0, 0.1) is 31.1 Å². The molecular weight excluding hydrogens is 456 g/mol. The van der Waals surface area contributed by atoms with E-state index in [0.717, 1.165) is 22.4 Å². The molecule has 186 valence electrons. The molecule has 0 unspecified atom stereocenters. The number of anilines is 2. The molecule has 9 nitrogen and oxygen atoms in total. The van der Waals surface area contributed by atoms with Crippen molar-refractivity contribution in [3.8, 4) is 11.8 Å². The first-order valence-corrected chi connectivity index (χ1v) is 11.5. The largest absolute Gasteiger partial charge is 0.481 e. The third-order valence-corrected chi connectivity index (χ3v) is 5.67. The van der Waals surface area contributed by atoms with E-state index in [1.54, 1.807) is 35.1 Å². The van der Waals surface area contributed by atoms with Crippen molar-refractivity contribution in [3.63, 3.8) is 0 Å². The summed E-state index contributed by atoms with van der Waals surface area (Å²) in [7, 11) is 0. The Morgan fingerprint density at radius 3 is 2.53 bits per heavy atom. The number of aromatic nitrogens is 2. The third-order valence-electron chi connectivity index (χ3n) is 5.67. The van der Waals surface area contributed by atoms with Crippen molar-refractivity contribution in [3.05, 3.63) is 76.5 Å². The Morgan fingerprint density at radius 1 is 1.17 bits per heavy atom. The van der Waals surface area contributed by atoms with E-state index in [4.69, 9.17) is 11.1 Å². The average Bonchev–Trinajstić information content (AvgIpc) is 3.32. The number of benzene rings is 2. The minimum absolute atomic E-state index is 0.0233. The second kappa shape index (κ2) is 11.7. The van der Waals surface area contributed by atoms with Gasteiger partial charge in [-0.05, 0) is 68.3 Å². The second-order valence-electron chi connectivity index (χ2n) is 8.23. The number of carboxylic acids is 1. The predicted octanol–water partition coefficient (Wildman–Crippen LogP) is 3.39. The predicted molar refractivity (Wildman–Crippen MR) is 141 cm³/mol. The molecule has 3 rings (SSSR count). The van der Waals surface area contributed by atoms with E-state index in [0.29, 0.717) is 30.0 Å². The minimum atomic E-state index is -0.975. The number of carboxylic acid groups (broad SMARTS) is 1. The maximum atomic E-state index is 13.5. The number of amidine groups is 1. The van der Waals surface area contributed by atoms with Gasteiger partial charge in [-0.15, -0.1) is 0 Å². The van der Waals surface area contributed by atoms with Crippen molar-refractivity contribution < 1.29 is 14.7 Å². The lowest BCUT2D eigenvalue weighted by molar-refractivity contribution is -0.136. The molecule has 1 aromatic heterocycles.